The average molecular weight is 320 g/mol. The first-order valence-corrected chi connectivity index (χ1v) is 7.82. The van der Waals surface area contributed by atoms with Crippen LogP contribution in [0.15, 0.2) is 54.6 Å². The minimum Gasteiger partial charge on any atom is -0.508 e. The van der Waals surface area contributed by atoms with Crippen molar-refractivity contribution in [1.29, 1.82) is 0 Å². The molecule has 2 aromatic carbocycles. The monoisotopic (exact) mass is 319 g/mol. The summed E-state index contributed by atoms with van der Waals surface area (Å²) in [6.07, 6.45) is 3.26. The van der Waals surface area contributed by atoms with E-state index in [9.17, 15) is 5.11 Å². The van der Waals surface area contributed by atoms with E-state index in [0.717, 1.165) is 32.5 Å². The molecule has 0 aliphatic carbocycles. The summed E-state index contributed by atoms with van der Waals surface area (Å²) in [5, 5.41) is 9.52. The summed E-state index contributed by atoms with van der Waals surface area (Å²) in [7, 11) is 0. The molecule has 0 aliphatic rings. The molecule has 0 saturated heterocycles. The fourth-order valence-electron chi connectivity index (χ4n) is 2.58. The van der Waals surface area contributed by atoms with E-state index in [4.69, 9.17) is 0 Å². The maximum Gasteiger partial charge on any atom is 0.115 e. The molecule has 0 aliphatic heterocycles. The Hall–Kier alpha value is -1.51. The average Bonchev–Trinajstić information content (AvgIpc) is 2.51. The minimum atomic E-state index is 0. The van der Waals surface area contributed by atoms with Crippen LogP contribution >= 0.6 is 12.4 Å². The molecule has 0 radical (unpaired) electrons. The summed E-state index contributed by atoms with van der Waals surface area (Å²) < 4.78 is 0. The molecule has 0 amide bonds. The Morgan fingerprint density at radius 3 is 2.09 bits per heavy atom. The summed E-state index contributed by atoms with van der Waals surface area (Å²) in [6.45, 7) is 5.50. The van der Waals surface area contributed by atoms with E-state index < -0.39 is 0 Å². The van der Waals surface area contributed by atoms with E-state index in [1.807, 2.05) is 12.1 Å². The van der Waals surface area contributed by atoms with Crippen molar-refractivity contribution < 1.29 is 5.11 Å². The molecule has 0 atom stereocenters. The third-order valence-corrected chi connectivity index (χ3v) is 3.73. The molecular formula is C19H26ClNO. The molecule has 2 rings (SSSR count). The lowest BCUT2D eigenvalue weighted by molar-refractivity contribution is 0.281. The zero-order valence-electron chi connectivity index (χ0n) is 13.2. The molecule has 120 valence electrons. The molecule has 2 nitrogen and oxygen atoms in total. The lowest BCUT2D eigenvalue weighted by atomic mass is 10.1. The maximum atomic E-state index is 9.52. The molecule has 1 N–H and O–H groups in total. The minimum absolute atomic E-state index is 0. The lowest BCUT2D eigenvalue weighted by Gasteiger charge is -2.21. The molecule has 2 aromatic rings. The zero-order chi connectivity index (χ0) is 14.9. The Balaban J connectivity index is 0.00000242. The summed E-state index contributed by atoms with van der Waals surface area (Å²) in [5.41, 5.74) is 2.60. The lowest BCUT2D eigenvalue weighted by Crippen LogP contribution is -2.29. The van der Waals surface area contributed by atoms with Crippen LogP contribution in [0.1, 0.15) is 24.5 Å². The second-order valence-corrected chi connectivity index (χ2v) is 5.50. The topological polar surface area (TPSA) is 23.5 Å². The highest BCUT2D eigenvalue weighted by molar-refractivity contribution is 5.85. The summed E-state index contributed by atoms with van der Waals surface area (Å²) in [4.78, 5) is 2.51. The van der Waals surface area contributed by atoms with Crippen LogP contribution in [0.2, 0.25) is 0 Å². The van der Waals surface area contributed by atoms with Crippen LogP contribution in [0.5, 0.6) is 5.75 Å². The van der Waals surface area contributed by atoms with E-state index in [2.05, 4.69) is 48.2 Å². The van der Waals surface area contributed by atoms with Crippen LogP contribution in [0.4, 0.5) is 0 Å². The van der Waals surface area contributed by atoms with Crippen molar-refractivity contribution >= 4 is 12.4 Å². The van der Waals surface area contributed by atoms with Crippen LogP contribution in [0.3, 0.4) is 0 Å². The Morgan fingerprint density at radius 1 is 0.818 bits per heavy atom. The quantitative estimate of drug-likeness (QED) is 0.783. The van der Waals surface area contributed by atoms with E-state index in [0.29, 0.717) is 5.75 Å². The third-order valence-electron chi connectivity index (χ3n) is 3.73. The number of nitrogens with zero attached hydrogens (tertiary/aromatic N) is 1. The largest absolute Gasteiger partial charge is 0.508 e. The number of halogens is 1. The molecular weight excluding hydrogens is 294 g/mol. The van der Waals surface area contributed by atoms with Gasteiger partial charge in [-0.2, -0.15) is 0 Å². The first-order valence-electron chi connectivity index (χ1n) is 7.82. The Kier molecular flexibility index (Phi) is 8.64. The number of aromatic hydroxyl groups is 1. The number of phenolic OH excluding ortho intramolecular Hbond substituents is 1. The normalized spacial score (nSPS) is 10.5. The van der Waals surface area contributed by atoms with Crippen molar-refractivity contribution in [3.05, 3.63) is 65.7 Å². The summed E-state index contributed by atoms with van der Waals surface area (Å²) in [6, 6.07) is 18.2. The molecule has 0 unspecified atom stereocenters. The molecule has 0 saturated carbocycles. The van der Waals surface area contributed by atoms with Crippen molar-refractivity contribution in [1.82, 2.24) is 4.90 Å². The standard InChI is InChI=1S/C19H25NO.ClH/c1-2-13-20(14-11-17-7-4-3-5-8-17)15-12-18-9-6-10-19(21)16-18;/h3-10,16,21H,2,11-15H2,1H3;1H. The second kappa shape index (κ2) is 10.3. The first-order chi connectivity index (χ1) is 10.3. The van der Waals surface area contributed by atoms with E-state index in [1.165, 1.54) is 17.5 Å². The Morgan fingerprint density at radius 2 is 1.45 bits per heavy atom. The molecule has 0 heterocycles. The highest BCUT2D eigenvalue weighted by Crippen LogP contribution is 2.12. The van der Waals surface area contributed by atoms with Gasteiger partial charge in [0.1, 0.15) is 5.75 Å². The number of phenols is 1. The van der Waals surface area contributed by atoms with Gasteiger partial charge in [-0.25, -0.2) is 0 Å². The van der Waals surface area contributed by atoms with Crippen molar-refractivity contribution in [2.45, 2.75) is 26.2 Å². The van der Waals surface area contributed by atoms with Crippen molar-refractivity contribution in [3.8, 4) is 5.75 Å². The highest BCUT2D eigenvalue weighted by atomic mass is 35.5. The molecule has 3 heteroatoms. The van der Waals surface area contributed by atoms with Crippen LogP contribution in [0.25, 0.3) is 0 Å². The fraction of sp³-hybridized carbons (Fsp3) is 0.368. The number of benzene rings is 2. The van der Waals surface area contributed by atoms with Gasteiger partial charge in [-0.15, -0.1) is 12.4 Å². The molecule has 0 spiro atoms. The van der Waals surface area contributed by atoms with Gasteiger partial charge in [0.15, 0.2) is 0 Å². The van der Waals surface area contributed by atoms with Gasteiger partial charge in [-0.05, 0) is 49.1 Å². The Bertz CT molecular complexity index is 530. The van der Waals surface area contributed by atoms with Crippen molar-refractivity contribution in [2.24, 2.45) is 0 Å². The van der Waals surface area contributed by atoms with Crippen LogP contribution in [-0.2, 0) is 12.8 Å². The first kappa shape index (κ1) is 18.5. The van der Waals surface area contributed by atoms with Gasteiger partial charge in [0.25, 0.3) is 0 Å². The van der Waals surface area contributed by atoms with Crippen molar-refractivity contribution in [2.75, 3.05) is 19.6 Å². The third kappa shape index (κ3) is 6.50. The van der Waals surface area contributed by atoms with Gasteiger partial charge in [-0.1, -0.05) is 49.4 Å². The highest BCUT2D eigenvalue weighted by Gasteiger charge is 2.05. The molecule has 0 aromatic heterocycles. The van der Waals surface area contributed by atoms with E-state index in [-0.39, 0.29) is 12.4 Å². The molecule has 0 fully saturated rings. The molecule has 0 bridgehead atoms. The van der Waals surface area contributed by atoms with E-state index in [1.54, 1.807) is 6.07 Å². The predicted molar refractivity (Wildman–Crippen MR) is 95.9 cm³/mol. The number of hydrogen-bond donors (Lipinski definition) is 1. The summed E-state index contributed by atoms with van der Waals surface area (Å²) >= 11 is 0. The smallest absolute Gasteiger partial charge is 0.115 e. The summed E-state index contributed by atoms with van der Waals surface area (Å²) in [5.74, 6) is 0.360. The SMILES string of the molecule is CCCN(CCc1ccccc1)CCc1cccc(O)c1.Cl. The Labute approximate surface area is 140 Å². The number of rotatable bonds is 8. The van der Waals surface area contributed by atoms with Gasteiger partial charge in [0.05, 0.1) is 0 Å². The second-order valence-electron chi connectivity index (χ2n) is 5.50. The zero-order valence-corrected chi connectivity index (χ0v) is 14.1. The van der Waals surface area contributed by atoms with Crippen LogP contribution in [0, 0.1) is 0 Å². The fourth-order valence-corrected chi connectivity index (χ4v) is 2.58. The van der Waals surface area contributed by atoms with Gasteiger partial charge in [0.2, 0.25) is 0 Å². The number of hydrogen-bond acceptors (Lipinski definition) is 2. The molecule has 22 heavy (non-hydrogen) atoms. The van der Waals surface area contributed by atoms with E-state index >= 15 is 0 Å². The maximum absolute atomic E-state index is 9.52. The predicted octanol–water partition coefficient (Wildman–Crippen LogP) is 4.31. The van der Waals surface area contributed by atoms with Gasteiger partial charge in [0, 0.05) is 13.1 Å². The van der Waals surface area contributed by atoms with Crippen molar-refractivity contribution in [3.63, 3.8) is 0 Å². The van der Waals surface area contributed by atoms with Gasteiger partial charge in [-0.3, -0.25) is 0 Å². The van der Waals surface area contributed by atoms with Crippen LogP contribution in [-0.4, -0.2) is 29.6 Å². The van der Waals surface area contributed by atoms with Crippen LogP contribution < -0.4 is 0 Å². The van der Waals surface area contributed by atoms with Gasteiger partial charge >= 0.3 is 0 Å². The van der Waals surface area contributed by atoms with Gasteiger partial charge < -0.3 is 10.0 Å².